The molecular weight excluding hydrogens is 1060 g/mol. The van der Waals surface area contributed by atoms with Crippen LogP contribution >= 0.6 is 23.2 Å². The van der Waals surface area contributed by atoms with E-state index in [1.54, 1.807) is 65.2 Å². The molecule has 1 aliphatic heterocycles. The lowest BCUT2D eigenvalue weighted by Crippen LogP contribution is -2.58. The number of methoxy groups -OCH3 is 1. The Morgan fingerprint density at radius 1 is 0.838 bits per heavy atom. The Balaban J connectivity index is 1.45. The number of aromatic nitrogens is 2. The third-order valence-electron chi connectivity index (χ3n) is 14.0. The maximum atomic E-state index is 15.6. The van der Waals surface area contributed by atoms with Crippen molar-refractivity contribution in [3.8, 4) is 22.8 Å². The van der Waals surface area contributed by atoms with E-state index < -0.39 is 59.5 Å². The van der Waals surface area contributed by atoms with Crippen molar-refractivity contribution in [2.24, 2.45) is 13.0 Å². The summed E-state index contributed by atoms with van der Waals surface area (Å²) >= 11 is 12.9. The molecule has 20 heteroatoms. The lowest BCUT2D eigenvalue weighted by Gasteiger charge is -2.36. The summed E-state index contributed by atoms with van der Waals surface area (Å²) in [5.41, 5.74) is 3.12. The number of imidazole rings is 1. The zero-order valence-corrected chi connectivity index (χ0v) is 49.1. The van der Waals surface area contributed by atoms with Crippen LogP contribution in [0, 0.1) is 5.92 Å². The van der Waals surface area contributed by atoms with E-state index in [9.17, 15) is 19.2 Å². The van der Waals surface area contributed by atoms with Gasteiger partial charge < -0.3 is 54.3 Å². The van der Waals surface area contributed by atoms with Gasteiger partial charge in [0.1, 0.15) is 35.0 Å². The third-order valence-corrected chi connectivity index (χ3v) is 14.4. The molecule has 1 fully saturated rings. The first kappa shape index (κ1) is 62.2. The zero-order chi connectivity index (χ0) is 58.3. The number of benzene rings is 4. The highest BCUT2D eigenvalue weighted by atomic mass is 35.5. The molecule has 18 nitrogen and oxygen atoms in total. The van der Waals surface area contributed by atoms with Crippen LogP contribution in [0.15, 0.2) is 103 Å². The summed E-state index contributed by atoms with van der Waals surface area (Å²) in [5, 5.41) is 9.52. The molecule has 0 spiro atoms. The Morgan fingerprint density at radius 2 is 1.51 bits per heavy atom. The number of rotatable bonds is 17. The summed E-state index contributed by atoms with van der Waals surface area (Å²) in [5.74, 6) is -1.80. The van der Waals surface area contributed by atoms with Gasteiger partial charge in [0.25, 0.3) is 0 Å². The number of alkyl carbamates (subject to hydrolysis) is 1. The fourth-order valence-corrected chi connectivity index (χ4v) is 9.73. The lowest BCUT2D eigenvalue weighted by molar-refractivity contribution is -0.147. The molecular formula is C60H77Cl2N9O9. The second kappa shape index (κ2) is 28.9. The monoisotopic (exact) mass is 1140 g/mol. The summed E-state index contributed by atoms with van der Waals surface area (Å²) in [7, 11) is 10.5. The van der Waals surface area contributed by atoms with Crippen molar-refractivity contribution in [3.63, 3.8) is 0 Å². The van der Waals surface area contributed by atoms with Crippen LogP contribution in [0.25, 0.3) is 11.3 Å². The molecule has 5 atom stereocenters. The van der Waals surface area contributed by atoms with E-state index in [0.29, 0.717) is 33.7 Å². The van der Waals surface area contributed by atoms with Crippen LogP contribution in [0.3, 0.4) is 0 Å². The first-order valence-corrected chi connectivity index (χ1v) is 27.6. The van der Waals surface area contributed by atoms with Crippen LogP contribution in [0.5, 0.6) is 11.5 Å². The van der Waals surface area contributed by atoms with Gasteiger partial charge in [0, 0.05) is 87.4 Å². The number of carbonyl (C=O) groups excluding carboxylic acids is 6. The van der Waals surface area contributed by atoms with E-state index in [-0.39, 0.29) is 76.6 Å². The second-order valence-electron chi connectivity index (χ2n) is 21.7. The third kappa shape index (κ3) is 18.0. The van der Waals surface area contributed by atoms with Crippen molar-refractivity contribution < 1.29 is 43.0 Å². The summed E-state index contributed by atoms with van der Waals surface area (Å²) in [6, 6.07) is 25.1. The van der Waals surface area contributed by atoms with Crippen LogP contribution in [0.1, 0.15) is 75.9 Å². The SMILES string of the molecule is COC[C@@H]1NC(=O)[C@H](CCCNC(=O)OC(C)(C)C)N(Cc2ccc(Cl)cc2Oc2ccc(-c3cnc(CN(C)C)n3C)cc2)C(=O)C[C@@H](Cc2ccccc2)C(=O)N(C)[C@@H](C)CNC(=O)C[C@H](Cc2ccc(Cl)cc2)N(C)C1=O. The molecule has 0 aliphatic carbocycles. The Kier molecular flexibility index (Phi) is 22.5. The van der Waals surface area contributed by atoms with E-state index in [4.69, 9.17) is 37.4 Å². The molecule has 1 aliphatic rings. The van der Waals surface area contributed by atoms with Gasteiger partial charge in [-0.15, -0.1) is 0 Å². The minimum atomic E-state index is -1.32. The largest absolute Gasteiger partial charge is 0.457 e. The van der Waals surface area contributed by atoms with E-state index >= 15 is 9.59 Å². The molecule has 0 radical (unpaired) electrons. The molecule has 430 valence electrons. The van der Waals surface area contributed by atoms with Crippen molar-refractivity contribution >= 4 is 58.8 Å². The van der Waals surface area contributed by atoms with Crippen molar-refractivity contribution in [1.82, 2.24) is 45.1 Å². The van der Waals surface area contributed by atoms with Crippen molar-refractivity contribution in [2.75, 3.05) is 55.0 Å². The summed E-state index contributed by atoms with van der Waals surface area (Å²) < 4.78 is 19.7. The van der Waals surface area contributed by atoms with E-state index in [2.05, 4.69) is 20.9 Å². The highest BCUT2D eigenvalue weighted by molar-refractivity contribution is 6.31. The molecule has 6 rings (SSSR count). The number of amides is 6. The number of hydrogen-bond donors (Lipinski definition) is 3. The number of carbonyl (C=O) groups is 6. The van der Waals surface area contributed by atoms with E-state index in [0.717, 1.165) is 28.2 Å². The van der Waals surface area contributed by atoms with Crippen LogP contribution in [-0.2, 0) is 66.4 Å². The number of likely N-dealkylation sites (N-methyl/N-ethyl adjacent to an activating group) is 2. The molecule has 5 aromatic rings. The molecule has 3 N–H and O–H groups in total. The highest BCUT2D eigenvalue weighted by Crippen LogP contribution is 2.33. The van der Waals surface area contributed by atoms with Crippen molar-refractivity contribution in [3.05, 3.63) is 136 Å². The van der Waals surface area contributed by atoms with Crippen LogP contribution in [0.4, 0.5) is 4.79 Å². The Morgan fingerprint density at radius 3 is 2.17 bits per heavy atom. The molecule has 6 amide bonds. The van der Waals surface area contributed by atoms with Crippen molar-refractivity contribution in [1.29, 1.82) is 0 Å². The quantitative estimate of drug-likeness (QED) is 0.0762. The molecule has 0 unspecified atom stereocenters. The standard InChI is InChI=1S/C60H77Cl2N9O9/c1-39-34-65-54(72)33-47(30-41-18-23-45(61)24-19-41)69(8)58(76)49(38-78-10)66-56(74)50(17-14-28-63-59(77)80-60(2,3)4)71(55(73)31-44(57(75)68(39)7)29-40-15-12-11-13-16-40)36-43-20-25-46(62)32-52(43)79-48-26-21-42(22-27-48)51-35-64-53(70(51)9)37-67(5)6/h11-13,15-16,18-27,32,35,39,44,47,49-50H,14,17,28-31,33-34,36-38H2,1-10H3,(H,63,77)(H,65,72)(H,66,74)/t39-,44+,47-,49-,50-/m0/s1. The first-order chi connectivity index (χ1) is 38.0. The van der Waals surface area contributed by atoms with Gasteiger partial charge in [0.15, 0.2) is 0 Å². The average molecular weight is 1140 g/mol. The van der Waals surface area contributed by atoms with Gasteiger partial charge in [-0.05, 0) is 127 Å². The van der Waals surface area contributed by atoms with Gasteiger partial charge in [-0.2, -0.15) is 0 Å². The minimum Gasteiger partial charge on any atom is -0.457 e. The number of ether oxygens (including phenoxy) is 3. The molecule has 2 heterocycles. The molecule has 4 aromatic carbocycles. The normalized spacial score (nSPS) is 19.3. The van der Waals surface area contributed by atoms with Gasteiger partial charge in [-0.1, -0.05) is 71.7 Å². The van der Waals surface area contributed by atoms with Gasteiger partial charge in [0.05, 0.1) is 37.5 Å². The zero-order valence-electron chi connectivity index (χ0n) is 47.6. The molecule has 0 bridgehead atoms. The fraction of sp³-hybridized carbons (Fsp3) is 0.450. The average Bonchev–Trinajstić information content (AvgIpc) is 3.81. The lowest BCUT2D eigenvalue weighted by atomic mass is 9.93. The molecule has 0 saturated carbocycles. The predicted molar refractivity (Wildman–Crippen MR) is 309 cm³/mol. The topological polar surface area (TPSA) is 197 Å². The minimum absolute atomic E-state index is 0.0276. The first-order valence-electron chi connectivity index (χ1n) is 26.9. The summed E-state index contributed by atoms with van der Waals surface area (Å²) in [4.78, 5) is 98.6. The van der Waals surface area contributed by atoms with Gasteiger partial charge in [0.2, 0.25) is 29.5 Å². The van der Waals surface area contributed by atoms with Gasteiger partial charge >= 0.3 is 6.09 Å². The number of hydrogen-bond acceptors (Lipinski definition) is 11. The van der Waals surface area contributed by atoms with Gasteiger partial charge in [-0.3, -0.25) is 24.0 Å². The van der Waals surface area contributed by atoms with E-state index in [1.807, 2.05) is 110 Å². The highest BCUT2D eigenvalue weighted by Gasteiger charge is 2.38. The van der Waals surface area contributed by atoms with E-state index in [1.165, 1.54) is 21.8 Å². The summed E-state index contributed by atoms with van der Waals surface area (Å²) in [6.45, 7) is 7.35. The molecule has 1 aromatic heterocycles. The van der Waals surface area contributed by atoms with Crippen LogP contribution in [0.2, 0.25) is 10.0 Å². The Labute approximate surface area is 480 Å². The van der Waals surface area contributed by atoms with Crippen LogP contribution in [-0.4, -0.2) is 150 Å². The second-order valence-corrected chi connectivity index (χ2v) is 22.6. The smallest absolute Gasteiger partial charge is 0.407 e. The number of nitrogens with zero attached hydrogens (tertiary/aromatic N) is 6. The van der Waals surface area contributed by atoms with Crippen molar-refractivity contribution in [2.45, 2.75) is 109 Å². The Bertz CT molecular complexity index is 2900. The van der Waals surface area contributed by atoms with Gasteiger partial charge in [-0.25, -0.2) is 9.78 Å². The maximum Gasteiger partial charge on any atom is 0.407 e. The summed E-state index contributed by atoms with van der Waals surface area (Å²) in [6.07, 6.45) is 1.26. The molecule has 1 saturated heterocycles. The number of halogens is 2. The maximum absolute atomic E-state index is 15.6. The molecule has 80 heavy (non-hydrogen) atoms. The predicted octanol–water partition coefficient (Wildman–Crippen LogP) is 8.07. The Hall–Kier alpha value is -6.99. The number of nitrogens with one attached hydrogen (secondary N) is 3. The van der Waals surface area contributed by atoms with Crippen LogP contribution < -0.4 is 20.7 Å². The fourth-order valence-electron chi connectivity index (χ4n) is 9.44.